The summed E-state index contributed by atoms with van der Waals surface area (Å²) < 4.78 is 48.5. The molecule has 2 atom stereocenters. The van der Waals surface area contributed by atoms with E-state index in [0.717, 1.165) is 6.07 Å². The summed E-state index contributed by atoms with van der Waals surface area (Å²) in [6.07, 6.45) is -0.906. The first-order chi connectivity index (χ1) is 17.4. The zero-order valence-electron chi connectivity index (χ0n) is 19.6. The molecular weight excluding hydrogens is 518 g/mol. The van der Waals surface area contributed by atoms with Crippen molar-refractivity contribution in [1.82, 2.24) is 0 Å². The van der Waals surface area contributed by atoms with Gasteiger partial charge >= 0.3 is 12.6 Å². The molecule has 0 fully saturated rings. The van der Waals surface area contributed by atoms with Crippen molar-refractivity contribution in [3.05, 3.63) is 82.1 Å². The minimum absolute atomic E-state index is 0.0211. The van der Waals surface area contributed by atoms with Crippen molar-refractivity contribution in [3.8, 4) is 16.9 Å². The number of nitrogens with zero attached hydrogens (tertiary/aromatic N) is 1. The second-order valence-electron chi connectivity index (χ2n) is 8.19. The number of carboxylic acid groups (broad SMARTS) is 1. The van der Waals surface area contributed by atoms with Crippen LogP contribution in [0.15, 0.2) is 54.6 Å². The van der Waals surface area contributed by atoms with Crippen molar-refractivity contribution in [2.45, 2.75) is 25.6 Å². The summed E-state index contributed by atoms with van der Waals surface area (Å²) in [5.74, 6) is -2.15. The summed E-state index contributed by atoms with van der Waals surface area (Å²) in [5, 5.41) is 20.4. The number of fused-ring (bicyclic) bond motifs is 1. The number of likely N-dealkylation sites (N-methyl/N-ethyl adjacent to an activating group) is 1. The van der Waals surface area contributed by atoms with Crippen LogP contribution in [0.3, 0.4) is 0 Å². The first-order valence-electron chi connectivity index (χ1n) is 10.9. The number of hydrogen-bond acceptors (Lipinski definition) is 4. The van der Waals surface area contributed by atoms with Crippen molar-refractivity contribution in [1.29, 1.82) is 0 Å². The number of anilines is 1. The third kappa shape index (κ3) is 6.39. The number of carboxylic acids is 1. The smallest absolute Gasteiger partial charge is 0.379 e. The van der Waals surface area contributed by atoms with Gasteiger partial charge in [-0.3, -0.25) is 4.79 Å². The topological polar surface area (TPSA) is 87.1 Å². The molecule has 2 N–H and O–H groups in total. The lowest BCUT2D eigenvalue weighted by atomic mass is 9.89. The van der Waals surface area contributed by atoms with Gasteiger partial charge in [0.25, 0.3) is 5.91 Å². The van der Waals surface area contributed by atoms with Gasteiger partial charge in [-0.15, -0.1) is 0 Å². The molecular formula is C26H22ClF4NO5. The van der Waals surface area contributed by atoms with Gasteiger partial charge in [0.1, 0.15) is 11.6 Å². The van der Waals surface area contributed by atoms with Gasteiger partial charge in [0.05, 0.1) is 17.4 Å². The van der Waals surface area contributed by atoms with Crippen molar-refractivity contribution in [3.63, 3.8) is 0 Å². The van der Waals surface area contributed by atoms with E-state index < -0.39 is 30.1 Å². The van der Waals surface area contributed by atoms with E-state index in [-0.39, 0.29) is 18.4 Å². The third-order valence-corrected chi connectivity index (χ3v) is 6.24. The van der Waals surface area contributed by atoms with Gasteiger partial charge in [-0.1, -0.05) is 42.8 Å². The zero-order valence-corrected chi connectivity index (χ0v) is 20.3. The number of carbonyl (C=O) groups excluding carboxylic acids is 1. The first-order valence-corrected chi connectivity index (χ1v) is 11.2. The Morgan fingerprint density at radius 2 is 1.68 bits per heavy atom. The summed E-state index contributed by atoms with van der Waals surface area (Å²) in [6, 6.07) is 14.2. The number of aliphatic hydroxyl groups excluding tert-OH is 1. The van der Waals surface area contributed by atoms with E-state index in [0.29, 0.717) is 38.7 Å². The number of rotatable bonds is 5. The van der Waals surface area contributed by atoms with Crippen LogP contribution in [0.1, 0.15) is 40.4 Å². The number of benzene rings is 3. The number of aliphatic hydroxyl groups is 1. The molecule has 0 aliphatic carbocycles. The van der Waals surface area contributed by atoms with Crippen LogP contribution in [-0.4, -0.2) is 42.4 Å². The largest absolute Gasteiger partial charge is 0.482 e. The summed E-state index contributed by atoms with van der Waals surface area (Å²) >= 11 is 6.51. The van der Waals surface area contributed by atoms with Gasteiger partial charge in [-0.25, -0.2) is 9.18 Å². The van der Waals surface area contributed by atoms with Gasteiger partial charge in [0.2, 0.25) is 0 Å². The number of amides is 1. The lowest BCUT2D eigenvalue weighted by Gasteiger charge is -2.28. The fourth-order valence-electron chi connectivity index (χ4n) is 3.88. The monoisotopic (exact) mass is 539 g/mol. The SMILES string of the molecule is C[C@@H](c1ccc(-c2ccc(C(=O)O)c(F)c2)cc1Cl)C(O)c1ccc2c(c1)N(C)C(=O)CO2.FC(F)F. The molecule has 0 spiro atoms. The van der Waals surface area contributed by atoms with E-state index in [9.17, 15) is 32.3 Å². The Labute approximate surface area is 214 Å². The molecule has 3 aromatic rings. The van der Waals surface area contributed by atoms with Crippen LogP contribution in [-0.2, 0) is 4.79 Å². The fraction of sp³-hybridized carbons (Fsp3) is 0.231. The summed E-state index contributed by atoms with van der Waals surface area (Å²) in [5.41, 5.74) is 2.59. The van der Waals surface area contributed by atoms with Crippen molar-refractivity contribution in [2.75, 3.05) is 18.6 Å². The van der Waals surface area contributed by atoms with Gasteiger partial charge in [0.15, 0.2) is 6.61 Å². The van der Waals surface area contributed by atoms with Crippen molar-refractivity contribution >= 4 is 29.2 Å². The van der Waals surface area contributed by atoms with Crippen LogP contribution in [0, 0.1) is 5.82 Å². The van der Waals surface area contributed by atoms with Crippen LogP contribution >= 0.6 is 11.6 Å². The zero-order chi connectivity index (χ0) is 27.4. The van der Waals surface area contributed by atoms with E-state index in [1.165, 1.54) is 17.0 Å². The number of hydrogen-bond donors (Lipinski definition) is 2. The predicted octanol–water partition coefficient (Wildman–Crippen LogP) is 6.22. The van der Waals surface area contributed by atoms with Gasteiger partial charge in [-0.2, -0.15) is 13.2 Å². The summed E-state index contributed by atoms with van der Waals surface area (Å²) in [6.45, 7) is -1.86. The highest BCUT2D eigenvalue weighted by molar-refractivity contribution is 6.31. The van der Waals surface area contributed by atoms with Crippen LogP contribution in [0.5, 0.6) is 5.75 Å². The standard InChI is InChI=1S/C25H21ClFNO5.CHF3/c1-13(24(30)16-5-8-22-21(11-16)28(2)23(29)12-33-22)17-6-3-14(9-19(17)26)15-4-7-18(25(31)32)20(27)10-15;2-1(3)4/h3-11,13,24,30H,12H2,1-2H3,(H,31,32);1H/t13-,24?;/m0./s1. The number of aromatic carboxylic acids is 1. The van der Waals surface area contributed by atoms with Crippen LogP contribution in [0.2, 0.25) is 5.02 Å². The van der Waals surface area contributed by atoms with Gasteiger partial charge in [0, 0.05) is 18.0 Å². The molecule has 0 aromatic heterocycles. The highest BCUT2D eigenvalue weighted by Gasteiger charge is 2.26. The molecule has 11 heteroatoms. The number of carbonyl (C=O) groups is 2. The van der Waals surface area contributed by atoms with E-state index >= 15 is 0 Å². The predicted molar refractivity (Wildman–Crippen MR) is 130 cm³/mol. The van der Waals surface area contributed by atoms with E-state index in [2.05, 4.69) is 0 Å². The molecule has 1 amide bonds. The lowest BCUT2D eigenvalue weighted by Crippen LogP contribution is -2.35. The van der Waals surface area contributed by atoms with Gasteiger partial charge < -0.3 is 19.8 Å². The van der Waals surface area contributed by atoms with E-state index in [4.69, 9.17) is 21.4 Å². The molecule has 1 aliphatic heterocycles. The molecule has 0 saturated heterocycles. The molecule has 0 bridgehead atoms. The maximum absolute atomic E-state index is 14.1. The fourth-order valence-corrected chi connectivity index (χ4v) is 4.23. The molecule has 1 aliphatic rings. The minimum Gasteiger partial charge on any atom is -0.482 e. The molecule has 1 heterocycles. The van der Waals surface area contributed by atoms with Crippen LogP contribution < -0.4 is 9.64 Å². The Kier molecular flexibility index (Phi) is 8.77. The number of halogens is 5. The average Bonchev–Trinajstić information content (AvgIpc) is 2.84. The molecule has 0 saturated carbocycles. The first kappa shape index (κ1) is 27.9. The van der Waals surface area contributed by atoms with E-state index in [1.807, 2.05) is 6.92 Å². The van der Waals surface area contributed by atoms with Crippen molar-refractivity contribution < 1.29 is 42.1 Å². The Morgan fingerprint density at radius 1 is 1.05 bits per heavy atom. The molecule has 4 rings (SSSR count). The second kappa shape index (κ2) is 11.6. The highest BCUT2D eigenvalue weighted by Crippen LogP contribution is 2.40. The molecule has 6 nitrogen and oxygen atoms in total. The van der Waals surface area contributed by atoms with E-state index in [1.54, 1.807) is 43.4 Å². The third-order valence-electron chi connectivity index (χ3n) is 5.91. The highest BCUT2D eigenvalue weighted by atomic mass is 35.5. The maximum Gasteiger partial charge on any atom is 0.379 e. The Morgan fingerprint density at radius 3 is 2.27 bits per heavy atom. The second-order valence-corrected chi connectivity index (χ2v) is 8.59. The molecule has 196 valence electrons. The average molecular weight is 540 g/mol. The van der Waals surface area contributed by atoms with Crippen molar-refractivity contribution in [2.24, 2.45) is 0 Å². The molecule has 1 unspecified atom stereocenters. The minimum atomic E-state index is -3.67. The van der Waals surface area contributed by atoms with Crippen LogP contribution in [0.4, 0.5) is 23.2 Å². The Hall–Kier alpha value is -3.63. The molecule has 0 radical (unpaired) electrons. The number of alkyl halides is 3. The molecule has 3 aromatic carbocycles. The summed E-state index contributed by atoms with van der Waals surface area (Å²) in [4.78, 5) is 24.5. The maximum atomic E-state index is 14.1. The Balaban J connectivity index is 0.000000886. The van der Waals surface area contributed by atoms with Crippen LogP contribution in [0.25, 0.3) is 11.1 Å². The summed E-state index contributed by atoms with van der Waals surface area (Å²) in [7, 11) is 1.66. The quantitative estimate of drug-likeness (QED) is 0.376. The normalized spacial score (nSPS) is 14.3. The Bertz CT molecular complexity index is 1320. The molecule has 37 heavy (non-hydrogen) atoms. The van der Waals surface area contributed by atoms with Gasteiger partial charge in [-0.05, 0) is 52.6 Å². The number of ether oxygens (including phenoxy) is 1. The lowest BCUT2D eigenvalue weighted by molar-refractivity contribution is -0.121.